The van der Waals surface area contributed by atoms with Gasteiger partial charge in [-0.2, -0.15) is 5.26 Å². The maximum absolute atomic E-state index is 11.4. The highest BCUT2D eigenvalue weighted by Gasteiger charge is 2.19. The first-order chi connectivity index (χ1) is 7.16. The van der Waals surface area contributed by atoms with Gasteiger partial charge in [-0.1, -0.05) is 18.2 Å². The Morgan fingerprint density at radius 3 is 2.73 bits per heavy atom. The number of nitrogens with zero attached hydrogens (tertiary/aromatic N) is 1. The number of carbonyl (C=O) groups excluding carboxylic acids is 1. The van der Waals surface area contributed by atoms with Crippen LogP contribution in [0.15, 0.2) is 24.3 Å². The van der Waals surface area contributed by atoms with Gasteiger partial charge in [0.1, 0.15) is 6.54 Å². The predicted molar refractivity (Wildman–Crippen MR) is 54.2 cm³/mol. The van der Waals surface area contributed by atoms with Crippen LogP contribution in [0.1, 0.15) is 10.4 Å². The summed E-state index contributed by atoms with van der Waals surface area (Å²) in [5.74, 6) is -0.500. The summed E-state index contributed by atoms with van der Waals surface area (Å²) in [6.45, 7) is -0.116. The van der Waals surface area contributed by atoms with Crippen molar-refractivity contribution in [3.8, 4) is 6.07 Å². The number of hydrogen-bond donors (Lipinski definition) is 3. The van der Waals surface area contributed by atoms with Gasteiger partial charge in [0.05, 0.1) is 6.07 Å². The highest BCUT2D eigenvalue weighted by Crippen LogP contribution is 1.96. The smallest absolute Gasteiger partial charge is 0.423 e. The van der Waals surface area contributed by atoms with Crippen molar-refractivity contribution in [1.82, 2.24) is 5.32 Å². The van der Waals surface area contributed by atoms with E-state index >= 15 is 0 Å². The van der Waals surface area contributed by atoms with Crippen molar-refractivity contribution in [2.45, 2.75) is 0 Å². The van der Waals surface area contributed by atoms with Crippen LogP contribution in [0.2, 0.25) is 0 Å². The van der Waals surface area contributed by atoms with E-state index in [0.717, 1.165) is 0 Å². The standard InChI is InChI=1S/C9H9BN2O3/c11-5-6-12-9(13)7-3-1-2-4-8(7)10(14)15/h1-4,14-15H,6H2,(H,12,13). The molecule has 0 aromatic heterocycles. The molecular weight excluding hydrogens is 195 g/mol. The van der Waals surface area contributed by atoms with Crippen LogP contribution in [0.25, 0.3) is 0 Å². The monoisotopic (exact) mass is 204 g/mol. The first-order valence-electron chi connectivity index (χ1n) is 4.27. The van der Waals surface area contributed by atoms with Gasteiger partial charge in [0.2, 0.25) is 0 Å². The van der Waals surface area contributed by atoms with Gasteiger partial charge in [-0.25, -0.2) is 0 Å². The van der Waals surface area contributed by atoms with Crippen LogP contribution in [-0.2, 0) is 0 Å². The van der Waals surface area contributed by atoms with E-state index in [-0.39, 0.29) is 17.6 Å². The SMILES string of the molecule is N#CCNC(=O)c1ccccc1B(O)O. The maximum atomic E-state index is 11.4. The summed E-state index contributed by atoms with van der Waals surface area (Å²) in [6.07, 6.45) is 0. The zero-order valence-electron chi connectivity index (χ0n) is 7.84. The molecular formula is C9H9BN2O3. The Morgan fingerprint density at radius 1 is 1.47 bits per heavy atom. The number of nitriles is 1. The molecule has 1 amide bonds. The fourth-order valence-electron chi connectivity index (χ4n) is 1.14. The molecule has 0 aliphatic carbocycles. The molecule has 1 rings (SSSR count). The van der Waals surface area contributed by atoms with Crippen molar-refractivity contribution >= 4 is 18.5 Å². The third-order valence-electron chi connectivity index (χ3n) is 1.81. The van der Waals surface area contributed by atoms with Crippen molar-refractivity contribution in [2.24, 2.45) is 0 Å². The molecule has 0 fully saturated rings. The molecule has 0 saturated heterocycles. The van der Waals surface area contributed by atoms with Crippen molar-refractivity contribution in [3.05, 3.63) is 29.8 Å². The van der Waals surface area contributed by atoms with Crippen LogP contribution < -0.4 is 10.8 Å². The van der Waals surface area contributed by atoms with Crippen LogP contribution >= 0.6 is 0 Å². The third kappa shape index (κ3) is 2.81. The van der Waals surface area contributed by atoms with Crippen molar-refractivity contribution in [3.63, 3.8) is 0 Å². The number of hydrogen-bond acceptors (Lipinski definition) is 4. The number of benzene rings is 1. The molecule has 15 heavy (non-hydrogen) atoms. The minimum absolute atomic E-state index is 0.116. The summed E-state index contributed by atoms with van der Waals surface area (Å²) in [5.41, 5.74) is 0.274. The average Bonchev–Trinajstić information content (AvgIpc) is 2.25. The Hall–Kier alpha value is -1.84. The largest absolute Gasteiger partial charge is 0.489 e. The quantitative estimate of drug-likeness (QED) is 0.417. The van der Waals surface area contributed by atoms with Crippen LogP contribution in [-0.4, -0.2) is 29.6 Å². The van der Waals surface area contributed by atoms with E-state index in [0.29, 0.717) is 0 Å². The number of nitrogens with one attached hydrogen (secondary N) is 1. The summed E-state index contributed by atoms with van der Waals surface area (Å²) in [5, 5.41) is 28.6. The summed E-state index contributed by atoms with van der Waals surface area (Å²) in [4.78, 5) is 11.4. The van der Waals surface area contributed by atoms with E-state index in [9.17, 15) is 4.79 Å². The average molecular weight is 204 g/mol. The summed E-state index contributed by atoms with van der Waals surface area (Å²) in [7, 11) is -1.70. The number of rotatable bonds is 3. The normalized spacial score (nSPS) is 9.13. The van der Waals surface area contributed by atoms with Crippen LogP contribution in [0.5, 0.6) is 0 Å². The summed E-state index contributed by atoms with van der Waals surface area (Å²) >= 11 is 0. The van der Waals surface area contributed by atoms with E-state index < -0.39 is 13.0 Å². The lowest BCUT2D eigenvalue weighted by molar-refractivity contribution is 0.0959. The molecule has 76 valence electrons. The first-order valence-corrected chi connectivity index (χ1v) is 4.27. The minimum atomic E-state index is -1.70. The van der Waals surface area contributed by atoms with Crippen molar-refractivity contribution in [2.75, 3.05) is 6.54 Å². The molecule has 0 spiro atoms. The Morgan fingerprint density at radius 2 is 2.13 bits per heavy atom. The predicted octanol–water partition coefficient (Wildman–Crippen LogP) is -1.38. The Kier molecular flexibility index (Phi) is 3.86. The molecule has 1 aromatic carbocycles. The van der Waals surface area contributed by atoms with Gasteiger partial charge in [0, 0.05) is 5.56 Å². The zero-order chi connectivity index (χ0) is 11.3. The van der Waals surface area contributed by atoms with Crippen molar-refractivity contribution < 1.29 is 14.8 Å². The van der Waals surface area contributed by atoms with E-state index in [1.165, 1.54) is 12.1 Å². The highest BCUT2D eigenvalue weighted by atomic mass is 16.4. The van der Waals surface area contributed by atoms with Gasteiger partial charge < -0.3 is 15.4 Å². The van der Waals surface area contributed by atoms with Gasteiger partial charge in [0.15, 0.2) is 0 Å². The molecule has 0 unspecified atom stereocenters. The fourth-order valence-corrected chi connectivity index (χ4v) is 1.14. The van der Waals surface area contributed by atoms with Crippen LogP contribution in [0.3, 0.4) is 0 Å². The summed E-state index contributed by atoms with van der Waals surface area (Å²) in [6, 6.07) is 7.85. The molecule has 1 aromatic rings. The second-order valence-electron chi connectivity index (χ2n) is 2.80. The Balaban J connectivity index is 2.93. The van der Waals surface area contributed by atoms with E-state index in [2.05, 4.69) is 5.32 Å². The molecule has 0 radical (unpaired) electrons. The topological polar surface area (TPSA) is 93.4 Å². The highest BCUT2D eigenvalue weighted by molar-refractivity contribution is 6.60. The molecule has 0 atom stereocenters. The van der Waals surface area contributed by atoms with E-state index in [1.807, 2.05) is 0 Å². The molecule has 6 heteroatoms. The lowest BCUT2D eigenvalue weighted by Gasteiger charge is -2.07. The Labute approximate surface area is 87.1 Å². The molecule has 5 nitrogen and oxygen atoms in total. The van der Waals surface area contributed by atoms with Crippen molar-refractivity contribution in [1.29, 1.82) is 5.26 Å². The molecule has 0 heterocycles. The van der Waals surface area contributed by atoms with Crippen LogP contribution in [0.4, 0.5) is 0 Å². The minimum Gasteiger partial charge on any atom is -0.423 e. The fraction of sp³-hybridized carbons (Fsp3) is 0.111. The lowest BCUT2D eigenvalue weighted by Crippen LogP contribution is -2.38. The van der Waals surface area contributed by atoms with Gasteiger partial charge in [-0.05, 0) is 11.5 Å². The number of carbonyl (C=O) groups is 1. The van der Waals surface area contributed by atoms with Crippen LogP contribution in [0, 0.1) is 11.3 Å². The second kappa shape index (κ2) is 5.15. The van der Waals surface area contributed by atoms with E-state index in [1.54, 1.807) is 18.2 Å². The first kappa shape index (κ1) is 11.2. The lowest BCUT2D eigenvalue weighted by atomic mass is 9.77. The van der Waals surface area contributed by atoms with Gasteiger partial charge in [0.25, 0.3) is 5.91 Å². The molecule has 3 N–H and O–H groups in total. The van der Waals surface area contributed by atoms with E-state index in [4.69, 9.17) is 15.3 Å². The molecule has 0 aliphatic rings. The second-order valence-corrected chi connectivity index (χ2v) is 2.80. The molecule has 0 bridgehead atoms. The molecule has 0 aliphatic heterocycles. The van der Waals surface area contributed by atoms with Gasteiger partial charge in [-0.3, -0.25) is 4.79 Å². The molecule has 0 saturated carbocycles. The maximum Gasteiger partial charge on any atom is 0.489 e. The summed E-state index contributed by atoms with van der Waals surface area (Å²) < 4.78 is 0. The zero-order valence-corrected chi connectivity index (χ0v) is 7.84. The Bertz CT molecular complexity index is 401. The van der Waals surface area contributed by atoms with Gasteiger partial charge in [-0.15, -0.1) is 0 Å². The third-order valence-corrected chi connectivity index (χ3v) is 1.81. The van der Waals surface area contributed by atoms with Gasteiger partial charge >= 0.3 is 7.12 Å². The number of amides is 1.